The van der Waals surface area contributed by atoms with Gasteiger partial charge in [0, 0.05) is 18.4 Å². The number of rotatable bonds is 6. The van der Waals surface area contributed by atoms with Gasteiger partial charge < -0.3 is 5.73 Å². The molecule has 0 radical (unpaired) electrons. The second-order valence-electron chi connectivity index (χ2n) is 4.79. The summed E-state index contributed by atoms with van der Waals surface area (Å²) in [7, 11) is -3.72. The van der Waals surface area contributed by atoms with E-state index in [-0.39, 0.29) is 10.7 Å². The van der Waals surface area contributed by atoms with E-state index in [1.807, 2.05) is 19.1 Å². The Hall–Kier alpha value is -2.02. The summed E-state index contributed by atoms with van der Waals surface area (Å²) < 4.78 is 28.7. The van der Waals surface area contributed by atoms with Crippen LogP contribution in [-0.2, 0) is 23.0 Å². The number of hydrogen-bond donors (Lipinski definition) is 2. The highest BCUT2D eigenvalue weighted by molar-refractivity contribution is 7.92. The van der Waals surface area contributed by atoms with Crippen molar-refractivity contribution in [2.45, 2.75) is 38.1 Å². The first-order valence-electron chi connectivity index (χ1n) is 6.91. The van der Waals surface area contributed by atoms with Gasteiger partial charge >= 0.3 is 0 Å². The third-order valence-electron chi connectivity index (χ3n) is 3.11. The number of sulfonamides is 1. The zero-order valence-electron chi connectivity index (χ0n) is 12.2. The lowest BCUT2D eigenvalue weighted by atomic mass is 10.1. The van der Waals surface area contributed by atoms with Crippen LogP contribution in [0.5, 0.6) is 0 Å². The average Bonchev–Trinajstić information content (AvgIpc) is 2.83. The smallest absolute Gasteiger partial charge is 0.267 e. The van der Waals surface area contributed by atoms with Crippen molar-refractivity contribution in [3.8, 4) is 0 Å². The molecule has 0 spiro atoms. The Morgan fingerprint density at radius 3 is 2.43 bits per heavy atom. The zero-order valence-corrected chi connectivity index (χ0v) is 13.0. The highest BCUT2D eigenvalue weighted by Gasteiger charge is 2.21. The Morgan fingerprint density at radius 2 is 1.90 bits per heavy atom. The quantitative estimate of drug-likeness (QED) is 0.856. The van der Waals surface area contributed by atoms with E-state index in [1.54, 1.807) is 12.1 Å². The molecule has 0 atom stereocenters. The van der Waals surface area contributed by atoms with Crippen molar-refractivity contribution in [3.05, 3.63) is 36.0 Å². The number of hydrogen-bond acceptors (Lipinski definition) is 4. The van der Waals surface area contributed by atoms with Crippen LogP contribution in [-0.4, -0.2) is 18.2 Å². The van der Waals surface area contributed by atoms with Crippen molar-refractivity contribution >= 4 is 21.5 Å². The van der Waals surface area contributed by atoms with Gasteiger partial charge in [0.25, 0.3) is 10.0 Å². The first kappa shape index (κ1) is 15.4. The van der Waals surface area contributed by atoms with Crippen LogP contribution >= 0.6 is 0 Å². The van der Waals surface area contributed by atoms with E-state index in [0.717, 1.165) is 12.8 Å². The predicted molar refractivity (Wildman–Crippen MR) is 83.6 cm³/mol. The first-order chi connectivity index (χ1) is 9.96. The molecular formula is C14H20N4O2S. The van der Waals surface area contributed by atoms with Crippen molar-refractivity contribution in [3.63, 3.8) is 0 Å². The molecule has 2 aromatic rings. The van der Waals surface area contributed by atoms with Crippen LogP contribution in [0.3, 0.4) is 0 Å². The molecule has 0 aliphatic rings. The van der Waals surface area contributed by atoms with Crippen molar-refractivity contribution < 1.29 is 8.42 Å². The van der Waals surface area contributed by atoms with Crippen molar-refractivity contribution in [2.75, 3.05) is 10.5 Å². The van der Waals surface area contributed by atoms with Gasteiger partial charge in [0.15, 0.2) is 5.82 Å². The Balaban J connectivity index is 2.22. The van der Waals surface area contributed by atoms with Gasteiger partial charge in [-0.3, -0.25) is 9.40 Å². The molecule has 0 fully saturated rings. The second kappa shape index (κ2) is 6.17. The van der Waals surface area contributed by atoms with E-state index in [2.05, 4.69) is 16.7 Å². The summed E-state index contributed by atoms with van der Waals surface area (Å²) in [6.45, 7) is 4.53. The fraction of sp³-hybridized carbons (Fsp3) is 0.357. The highest BCUT2D eigenvalue weighted by Crippen LogP contribution is 2.21. The fourth-order valence-corrected chi connectivity index (χ4v) is 3.16. The Kier molecular flexibility index (Phi) is 4.52. The lowest BCUT2D eigenvalue weighted by molar-refractivity contribution is 0.600. The standard InChI is InChI=1S/C14H20N4O2S/c1-3-5-11-6-8-12(9-7-11)17-21(19,20)13-10-18(4-2)16-14(13)15/h6-10,17H,3-5H2,1-2H3,(H2,15,16). The van der Waals surface area contributed by atoms with Gasteiger partial charge in [0.2, 0.25) is 0 Å². The molecule has 21 heavy (non-hydrogen) atoms. The molecule has 0 amide bonds. The number of nitrogens with zero attached hydrogens (tertiary/aromatic N) is 2. The summed E-state index contributed by atoms with van der Waals surface area (Å²) in [4.78, 5) is 0.00184. The molecule has 0 aliphatic heterocycles. The summed E-state index contributed by atoms with van der Waals surface area (Å²) in [5.74, 6) is 0.00644. The maximum Gasteiger partial charge on any atom is 0.267 e. The van der Waals surface area contributed by atoms with E-state index in [4.69, 9.17) is 5.73 Å². The van der Waals surface area contributed by atoms with Crippen LogP contribution in [0, 0.1) is 0 Å². The van der Waals surface area contributed by atoms with E-state index < -0.39 is 10.0 Å². The van der Waals surface area contributed by atoms with Gasteiger partial charge in [0.05, 0.1) is 0 Å². The van der Waals surface area contributed by atoms with E-state index in [0.29, 0.717) is 12.2 Å². The summed E-state index contributed by atoms with van der Waals surface area (Å²) >= 11 is 0. The molecule has 1 heterocycles. The lowest BCUT2D eigenvalue weighted by Gasteiger charge is -2.07. The Labute approximate surface area is 125 Å². The highest BCUT2D eigenvalue weighted by atomic mass is 32.2. The summed E-state index contributed by atoms with van der Waals surface area (Å²) in [6.07, 6.45) is 3.46. The number of aromatic nitrogens is 2. The van der Waals surface area contributed by atoms with Crippen molar-refractivity contribution in [1.82, 2.24) is 9.78 Å². The van der Waals surface area contributed by atoms with Gasteiger partial charge in [0.1, 0.15) is 4.90 Å². The molecule has 0 bridgehead atoms. The predicted octanol–water partition coefficient (Wildman–Crippen LogP) is 2.24. The van der Waals surface area contributed by atoms with E-state index >= 15 is 0 Å². The van der Waals surface area contributed by atoms with Crippen molar-refractivity contribution in [1.29, 1.82) is 0 Å². The minimum Gasteiger partial charge on any atom is -0.381 e. The summed E-state index contributed by atoms with van der Waals surface area (Å²) in [6, 6.07) is 7.34. The third kappa shape index (κ3) is 3.55. The third-order valence-corrected chi connectivity index (χ3v) is 4.51. The molecule has 6 nitrogen and oxygen atoms in total. The van der Waals surface area contributed by atoms with E-state index in [9.17, 15) is 8.42 Å². The topological polar surface area (TPSA) is 90.0 Å². The van der Waals surface area contributed by atoms with Gasteiger partial charge in [-0.1, -0.05) is 25.5 Å². The molecule has 1 aromatic heterocycles. The molecule has 0 saturated carbocycles. The molecule has 7 heteroatoms. The largest absolute Gasteiger partial charge is 0.381 e. The SMILES string of the molecule is CCCc1ccc(NS(=O)(=O)c2cn(CC)nc2N)cc1. The lowest BCUT2D eigenvalue weighted by Crippen LogP contribution is -2.13. The molecule has 0 saturated heterocycles. The molecule has 3 N–H and O–H groups in total. The van der Waals surface area contributed by atoms with Gasteiger partial charge in [-0.05, 0) is 31.0 Å². The fourth-order valence-electron chi connectivity index (χ4n) is 2.03. The van der Waals surface area contributed by atoms with Gasteiger partial charge in [-0.15, -0.1) is 0 Å². The van der Waals surface area contributed by atoms with Gasteiger partial charge in [-0.2, -0.15) is 5.10 Å². The van der Waals surface area contributed by atoms with Crippen LogP contribution in [0.15, 0.2) is 35.4 Å². The van der Waals surface area contributed by atoms with Crippen LogP contribution in [0.2, 0.25) is 0 Å². The minimum absolute atomic E-state index is 0.00184. The maximum atomic E-state index is 12.3. The maximum absolute atomic E-state index is 12.3. The average molecular weight is 308 g/mol. The summed E-state index contributed by atoms with van der Waals surface area (Å²) in [5.41, 5.74) is 7.36. The number of benzene rings is 1. The molecule has 114 valence electrons. The Bertz CT molecular complexity index is 705. The van der Waals surface area contributed by atoms with Crippen LogP contribution in [0.4, 0.5) is 11.5 Å². The molecule has 0 unspecified atom stereocenters. The zero-order chi connectivity index (χ0) is 15.5. The second-order valence-corrected chi connectivity index (χ2v) is 6.44. The first-order valence-corrected chi connectivity index (χ1v) is 8.39. The van der Waals surface area contributed by atoms with E-state index in [1.165, 1.54) is 16.4 Å². The number of nitrogens with two attached hydrogens (primary N) is 1. The van der Waals surface area contributed by atoms with Crippen molar-refractivity contribution in [2.24, 2.45) is 0 Å². The van der Waals surface area contributed by atoms with Gasteiger partial charge in [-0.25, -0.2) is 8.42 Å². The normalized spacial score (nSPS) is 11.5. The molecule has 1 aromatic carbocycles. The number of nitrogens with one attached hydrogen (secondary N) is 1. The Morgan fingerprint density at radius 1 is 1.24 bits per heavy atom. The minimum atomic E-state index is -3.72. The molecule has 2 rings (SSSR count). The number of aryl methyl sites for hydroxylation is 2. The summed E-state index contributed by atoms with van der Waals surface area (Å²) in [5, 5.41) is 3.95. The monoisotopic (exact) mass is 308 g/mol. The number of anilines is 2. The molecular weight excluding hydrogens is 288 g/mol. The van der Waals surface area contributed by atoms with Crippen LogP contribution in [0.1, 0.15) is 25.8 Å². The van der Waals surface area contributed by atoms with Crippen LogP contribution in [0.25, 0.3) is 0 Å². The number of nitrogen functional groups attached to an aromatic ring is 1. The van der Waals surface area contributed by atoms with Crippen LogP contribution < -0.4 is 10.5 Å². The molecule has 0 aliphatic carbocycles.